The van der Waals surface area contributed by atoms with E-state index in [0.717, 1.165) is 43.9 Å². The van der Waals surface area contributed by atoms with Crippen molar-refractivity contribution < 1.29 is 0 Å². The summed E-state index contributed by atoms with van der Waals surface area (Å²) in [4.78, 5) is 2.22. The van der Waals surface area contributed by atoms with Crippen molar-refractivity contribution in [1.82, 2.24) is 10.2 Å². The minimum absolute atomic E-state index is 0.217. The van der Waals surface area contributed by atoms with Crippen LogP contribution < -0.4 is 4.90 Å². The largest absolute Gasteiger partial charge is 0.355 e. The second-order valence-electron chi connectivity index (χ2n) is 5.37. The van der Waals surface area contributed by atoms with Gasteiger partial charge in [0.05, 0.1) is 11.8 Å². The van der Waals surface area contributed by atoms with Gasteiger partial charge in [0.15, 0.2) is 5.82 Å². The van der Waals surface area contributed by atoms with Crippen molar-refractivity contribution in [3.8, 4) is 6.07 Å². The van der Waals surface area contributed by atoms with E-state index in [2.05, 4.69) is 47.1 Å². The molecule has 18 heavy (non-hydrogen) atoms. The third-order valence-corrected chi connectivity index (χ3v) is 3.32. The quantitative estimate of drug-likeness (QED) is 0.819. The summed E-state index contributed by atoms with van der Waals surface area (Å²) in [5.41, 5.74) is 1.06. The third kappa shape index (κ3) is 3.19. The molecule has 0 atom stereocenters. The summed E-state index contributed by atoms with van der Waals surface area (Å²) in [6.45, 7) is 6.19. The molecule has 0 bridgehead atoms. The molecule has 1 fully saturated rings. The van der Waals surface area contributed by atoms with Gasteiger partial charge in [-0.25, -0.2) is 0 Å². The summed E-state index contributed by atoms with van der Waals surface area (Å²) in [5, 5.41) is 17.4. The Bertz CT molecular complexity index is 410. The normalized spacial score (nSPS) is 16.9. The van der Waals surface area contributed by atoms with Crippen LogP contribution in [0.4, 0.5) is 5.82 Å². The number of nitrogens with zero attached hydrogens (tertiary/aromatic N) is 4. The summed E-state index contributed by atoms with van der Waals surface area (Å²) in [7, 11) is 0. The van der Waals surface area contributed by atoms with Gasteiger partial charge in [-0.15, -0.1) is 5.10 Å². The first-order valence-electron chi connectivity index (χ1n) is 6.66. The van der Waals surface area contributed by atoms with Crippen molar-refractivity contribution in [1.29, 1.82) is 5.26 Å². The smallest absolute Gasteiger partial charge is 0.151 e. The number of hydrogen-bond acceptors (Lipinski definition) is 4. The van der Waals surface area contributed by atoms with Crippen LogP contribution in [0, 0.1) is 23.2 Å². The molecule has 2 rings (SSSR count). The Hall–Kier alpha value is -1.63. The molecule has 1 aromatic rings. The first-order chi connectivity index (χ1) is 8.69. The average molecular weight is 244 g/mol. The van der Waals surface area contributed by atoms with E-state index in [9.17, 15) is 0 Å². The Morgan fingerprint density at radius 1 is 1.33 bits per heavy atom. The monoisotopic (exact) mass is 244 g/mol. The molecule has 0 aromatic carbocycles. The molecule has 0 amide bonds. The number of aromatic nitrogens is 2. The highest BCUT2D eigenvalue weighted by Crippen LogP contribution is 2.20. The van der Waals surface area contributed by atoms with E-state index in [4.69, 9.17) is 5.26 Å². The minimum atomic E-state index is 0.217. The van der Waals surface area contributed by atoms with Crippen LogP contribution in [0.2, 0.25) is 0 Å². The Balaban J connectivity index is 1.96. The van der Waals surface area contributed by atoms with Gasteiger partial charge in [0.2, 0.25) is 0 Å². The van der Waals surface area contributed by atoms with Gasteiger partial charge >= 0.3 is 0 Å². The maximum Gasteiger partial charge on any atom is 0.151 e. The highest BCUT2D eigenvalue weighted by Gasteiger charge is 2.19. The van der Waals surface area contributed by atoms with Crippen LogP contribution in [0.25, 0.3) is 0 Å². The van der Waals surface area contributed by atoms with E-state index in [-0.39, 0.29) is 5.92 Å². The van der Waals surface area contributed by atoms with Crippen molar-refractivity contribution in [2.24, 2.45) is 11.8 Å². The number of nitriles is 1. The third-order valence-electron chi connectivity index (χ3n) is 3.32. The molecular weight excluding hydrogens is 224 g/mol. The lowest BCUT2D eigenvalue weighted by atomic mass is 9.99. The molecule has 0 saturated carbocycles. The molecule has 1 saturated heterocycles. The van der Waals surface area contributed by atoms with E-state index in [1.54, 1.807) is 0 Å². The SMILES string of the molecule is CC(C)Cc1ccc(N2CCC(C#N)CC2)nn1. The number of anilines is 1. The first-order valence-corrected chi connectivity index (χ1v) is 6.66. The molecule has 1 aromatic heterocycles. The van der Waals surface area contributed by atoms with Crippen molar-refractivity contribution in [2.75, 3.05) is 18.0 Å². The molecule has 0 N–H and O–H groups in total. The summed E-state index contributed by atoms with van der Waals surface area (Å²) in [6, 6.07) is 6.47. The lowest BCUT2D eigenvalue weighted by molar-refractivity contribution is 0.483. The fourth-order valence-electron chi connectivity index (χ4n) is 2.29. The lowest BCUT2D eigenvalue weighted by Gasteiger charge is -2.29. The fourth-order valence-corrected chi connectivity index (χ4v) is 2.29. The molecule has 2 heterocycles. The van der Waals surface area contributed by atoms with Gasteiger partial charge in [0, 0.05) is 19.0 Å². The van der Waals surface area contributed by atoms with Gasteiger partial charge < -0.3 is 4.90 Å². The van der Waals surface area contributed by atoms with E-state index in [1.165, 1.54) is 0 Å². The zero-order valence-electron chi connectivity index (χ0n) is 11.1. The van der Waals surface area contributed by atoms with Gasteiger partial charge in [-0.05, 0) is 37.3 Å². The van der Waals surface area contributed by atoms with Crippen LogP contribution in [0.15, 0.2) is 12.1 Å². The van der Waals surface area contributed by atoms with Gasteiger partial charge in [-0.2, -0.15) is 10.4 Å². The summed E-state index contributed by atoms with van der Waals surface area (Å²) in [6.07, 6.45) is 2.85. The number of hydrogen-bond donors (Lipinski definition) is 0. The van der Waals surface area contributed by atoms with Crippen LogP contribution in [0.1, 0.15) is 32.4 Å². The predicted molar refractivity (Wildman–Crippen MR) is 71.1 cm³/mol. The maximum absolute atomic E-state index is 8.87. The molecule has 1 aliphatic rings. The molecule has 4 heteroatoms. The molecule has 0 unspecified atom stereocenters. The molecule has 0 radical (unpaired) electrons. The second-order valence-corrected chi connectivity index (χ2v) is 5.37. The molecule has 4 nitrogen and oxygen atoms in total. The number of piperidine rings is 1. The zero-order chi connectivity index (χ0) is 13.0. The van der Waals surface area contributed by atoms with E-state index < -0.39 is 0 Å². The summed E-state index contributed by atoms with van der Waals surface area (Å²) < 4.78 is 0. The van der Waals surface area contributed by atoms with E-state index >= 15 is 0 Å². The Kier molecular flexibility index (Phi) is 4.14. The standard InChI is InChI=1S/C14H20N4/c1-11(2)9-13-3-4-14(17-16-13)18-7-5-12(10-15)6-8-18/h3-4,11-12H,5-9H2,1-2H3. The predicted octanol–water partition coefficient (Wildman–Crippen LogP) is 2.42. The first kappa shape index (κ1) is 12.8. The van der Waals surface area contributed by atoms with Crippen molar-refractivity contribution >= 4 is 5.82 Å². The Morgan fingerprint density at radius 2 is 2.06 bits per heavy atom. The topological polar surface area (TPSA) is 52.8 Å². The van der Waals surface area contributed by atoms with E-state index in [0.29, 0.717) is 5.92 Å². The highest BCUT2D eigenvalue weighted by molar-refractivity contribution is 5.38. The molecule has 0 aliphatic carbocycles. The van der Waals surface area contributed by atoms with Crippen molar-refractivity contribution in [2.45, 2.75) is 33.1 Å². The summed E-state index contributed by atoms with van der Waals surface area (Å²) >= 11 is 0. The van der Waals surface area contributed by atoms with Crippen molar-refractivity contribution in [3.05, 3.63) is 17.8 Å². The fraction of sp³-hybridized carbons (Fsp3) is 0.643. The van der Waals surface area contributed by atoms with Gasteiger partial charge in [-0.3, -0.25) is 0 Å². The van der Waals surface area contributed by atoms with Crippen LogP contribution in [0.5, 0.6) is 0 Å². The molecule has 0 spiro atoms. The number of rotatable bonds is 3. The molecular formula is C14H20N4. The van der Waals surface area contributed by atoms with Gasteiger partial charge in [0.25, 0.3) is 0 Å². The Labute approximate surface area is 109 Å². The molecule has 96 valence electrons. The highest BCUT2D eigenvalue weighted by atomic mass is 15.3. The van der Waals surface area contributed by atoms with Gasteiger partial charge in [-0.1, -0.05) is 13.8 Å². The van der Waals surface area contributed by atoms with Crippen LogP contribution in [-0.2, 0) is 6.42 Å². The maximum atomic E-state index is 8.87. The average Bonchev–Trinajstić information content (AvgIpc) is 2.39. The van der Waals surface area contributed by atoms with Crippen LogP contribution in [0.3, 0.4) is 0 Å². The van der Waals surface area contributed by atoms with Gasteiger partial charge in [0.1, 0.15) is 0 Å². The Morgan fingerprint density at radius 3 is 2.56 bits per heavy atom. The zero-order valence-corrected chi connectivity index (χ0v) is 11.1. The minimum Gasteiger partial charge on any atom is -0.355 e. The lowest BCUT2D eigenvalue weighted by Crippen LogP contribution is -2.34. The van der Waals surface area contributed by atoms with Crippen LogP contribution >= 0.6 is 0 Å². The van der Waals surface area contributed by atoms with Crippen LogP contribution in [-0.4, -0.2) is 23.3 Å². The molecule has 1 aliphatic heterocycles. The van der Waals surface area contributed by atoms with E-state index in [1.807, 2.05) is 0 Å². The second kappa shape index (κ2) is 5.81. The summed E-state index contributed by atoms with van der Waals surface area (Å²) in [5.74, 6) is 1.77. The van der Waals surface area contributed by atoms with Crippen molar-refractivity contribution in [3.63, 3.8) is 0 Å².